The maximum atomic E-state index is 10.4. The number of hydrogen-bond acceptors (Lipinski definition) is 4. The molecule has 0 fully saturated rings. The van der Waals surface area contributed by atoms with E-state index in [1.807, 2.05) is 6.92 Å². The van der Waals surface area contributed by atoms with Gasteiger partial charge in [0.2, 0.25) is 0 Å². The summed E-state index contributed by atoms with van der Waals surface area (Å²) in [4.78, 5) is 10.4. The molecule has 0 bridgehead atoms. The average molecular weight is 221 g/mol. The smallest absolute Gasteiger partial charge is 0.423 e. The number of nitrogens with two attached hydrogens (primary N) is 1. The van der Waals surface area contributed by atoms with Crippen molar-refractivity contribution in [3.05, 3.63) is 29.3 Å². The molecule has 5 N–H and O–H groups in total. The van der Waals surface area contributed by atoms with Gasteiger partial charge in [0.05, 0.1) is 6.21 Å². The number of benzene rings is 1. The second kappa shape index (κ2) is 5.29. The Morgan fingerprint density at radius 2 is 2.25 bits per heavy atom. The molecular formula is C9H12BN3O3. The minimum atomic E-state index is -1.53. The number of nitrogens with zero attached hydrogens (tertiary/aromatic N) is 1. The van der Waals surface area contributed by atoms with Crippen LogP contribution in [-0.2, 0) is 0 Å². The number of primary amides is 1. The first-order chi connectivity index (χ1) is 7.50. The number of amides is 2. The van der Waals surface area contributed by atoms with Crippen LogP contribution in [-0.4, -0.2) is 29.4 Å². The van der Waals surface area contributed by atoms with Crippen molar-refractivity contribution in [3.63, 3.8) is 0 Å². The summed E-state index contributed by atoms with van der Waals surface area (Å²) in [6, 6.07) is 4.12. The van der Waals surface area contributed by atoms with Gasteiger partial charge in [0.25, 0.3) is 0 Å². The van der Waals surface area contributed by atoms with Gasteiger partial charge in [0, 0.05) is 0 Å². The van der Waals surface area contributed by atoms with Crippen LogP contribution in [0.3, 0.4) is 0 Å². The van der Waals surface area contributed by atoms with Gasteiger partial charge in [-0.15, -0.1) is 0 Å². The van der Waals surface area contributed by atoms with E-state index in [9.17, 15) is 4.79 Å². The molecule has 0 spiro atoms. The number of hydrogen-bond donors (Lipinski definition) is 4. The van der Waals surface area contributed by atoms with Gasteiger partial charge in [-0.25, -0.2) is 10.2 Å². The Balaban J connectivity index is 2.90. The molecule has 0 heterocycles. The second-order valence-electron chi connectivity index (χ2n) is 3.22. The number of rotatable bonds is 3. The molecule has 0 unspecified atom stereocenters. The van der Waals surface area contributed by atoms with Gasteiger partial charge in [0.1, 0.15) is 0 Å². The van der Waals surface area contributed by atoms with Crippen LogP contribution < -0.4 is 16.6 Å². The van der Waals surface area contributed by atoms with E-state index >= 15 is 0 Å². The highest BCUT2D eigenvalue weighted by Gasteiger charge is 2.11. The molecule has 1 rings (SSSR count). The molecule has 1 aromatic rings. The summed E-state index contributed by atoms with van der Waals surface area (Å²) in [5, 5.41) is 21.5. The summed E-state index contributed by atoms with van der Waals surface area (Å²) in [6.45, 7) is 1.83. The van der Waals surface area contributed by atoms with Crippen molar-refractivity contribution in [1.82, 2.24) is 5.43 Å². The Labute approximate surface area is 92.9 Å². The molecule has 0 aromatic heterocycles. The fraction of sp³-hybridized carbons (Fsp3) is 0.111. The number of hydrazone groups is 1. The van der Waals surface area contributed by atoms with Crippen molar-refractivity contribution in [1.29, 1.82) is 0 Å². The van der Waals surface area contributed by atoms with Crippen molar-refractivity contribution >= 4 is 24.8 Å². The molecular weight excluding hydrogens is 209 g/mol. The Hall–Kier alpha value is -1.86. The van der Waals surface area contributed by atoms with Crippen LogP contribution >= 0.6 is 0 Å². The molecule has 0 atom stereocenters. The minimum absolute atomic E-state index is 0.353. The van der Waals surface area contributed by atoms with Crippen LogP contribution in [0.25, 0.3) is 0 Å². The lowest BCUT2D eigenvalue weighted by Gasteiger charge is -2.04. The summed E-state index contributed by atoms with van der Waals surface area (Å²) in [5.41, 5.74) is 8.79. The topological polar surface area (TPSA) is 108 Å². The molecule has 0 aliphatic rings. The molecule has 1 aromatic carbocycles. The van der Waals surface area contributed by atoms with E-state index in [1.165, 1.54) is 6.21 Å². The Bertz CT molecular complexity index is 420. The fourth-order valence-electron chi connectivity index (χ4n) is 1.12. The molecule has 0 saturated heterocycles. The van der Waals surface area contributed by atoms with Crippen molar-refractivity contribution in [2.45, 2.75) is 6.92 Å². The summed E-state index contributed by atoms with van der Waals surface area (Å²) in [6.07, 6.45) is 1.38. The molecule has 2 amide bonds. The summed E-state index contributed by atoms with van der Waals surface area (Å²) in [7, 11) is -1.53. The normalized spacial score (nSPS) is 10.4. The van der Waals surface area contributed by atoms with Crippen molar-refractivity contribution in [2.75, 3.05) is 0 Å². The van der Waals surface area contributed by atoms with Crippen LogP contribution in [0, 0.1) is 6.92 Å². The van der Waals surface area contributed by atoms with Gasteiger partial charge in [0.15, 0.2) is 0 Å². The molecule has 0 radical (unpaired) electrons. The van der Waals surface area contributed by atoms with E-state index in [4.69, 9.17) is 15.8 Å². The molecule has 0 saturated carbocycles. The lowest BCUT2D eigenvalue weighted by molar-refractivity contribution is 0.249. The predicted molar refractivity (Wildman–Crippen MR) is 61.3 cm³/mol. The summed E-state index contributed by atoms with van der Waals surface area (Å²) in [5.74, 6) is 0. The fourth-order valence-corrected chi connectivity index (χ4v) is 1.12. The molecule has 16 heavy (non-hydrogen) atoms. The first kappa shape index (κ1) is 12.2. The Morgan fingerprint density at radius 3 is 2.81 bits per heavy atom. The number of carbonyl (C=O) groups is 1. The van der Waals surface area contributed by atoms with E-state index in [1.54, 1.807) is 18.2 Å². The maximum absolute atomic E-state index is 10.4. The van der Waals surface area contributed by atoms with Gasteiger partial charge >= 0.3 is 13.1 Å². The number of nitrogens with one attached hydrogen (secondary N) is 1. The van der Waals surface area contributed by atoms with Crippen LogP contribution in [0.1, 0.15) is 11.1 Å². The zero-order valence-corrected chi connectivity index (χ0v) is 8.71. The third-order valence-electron chi connectivity index (χ3n) is 1.98. The summed E-state index contributed by atoms with van der Waals surface area (Å²) < 4.78 is 0. The summed E-state index contributed by atoms with van der Waals surface area (Å²) >= 11 is 0. The Morgan fingerprint density at radius 1 is 1.56 bits per heavy atom. The SMILES string of the molecule is Cc1ccc(B(O)O)cc1C=NNC(N)=O. The lowest BCUT2D eigenvalue weighted by atomic mass is 9.79. The molecule has 84 valence electrons. The van der Waals surface area contributed by atoms with Gasteiger partial charge in [-0.2, -0.15) is 5.10 Å². The standard InChI is InChI=1S/C9H12BN3O3/c1-6-2-3-8(10(15)16)4-7(6)5-12-13-9(11)14/h2-5,15-16H,1H3,(H3,11,13,14). The minimum Gasteiger partial charge on any atom is -0.423 e. The first-order valence-corrected chi connectivity index (χ1v) is 4.56. The molecule has 0 aliphatic heterocycles. The largest absolute Gasteiger partial charge is 0.488 e. The van der Waals surface area contributed by atoms with E-state index in [0.29, 0.717) is 11.0 Å². The van der Waals surface area contributed by atoms with Crippen LogP contribution in [0.2, 0.25) is 0 Å². The molecule has 0 aliphatic carbocycles. The highest BCUT2D eigenvalue weighted by Crippen LogP contribution is 2.02. The van der Waals surface area contributed by atoms with Crippen molar-refractivity contribution in [2.24, 2.45) is 10.8 Å². The monoisotopic (exact) mass is 221 g/mol. The highest BCUT2D eigenvalue weighted by molar-refractivity contribution is 6.58. The van der Waals surface area contributed by atoms with Crippen LogP contribution in [0.5, 0.6) is 0 Å². The Kier molecular flexibility index (Phi) is 4.04. The van der Waals surface area contributed by atoms with E-state index in [-0.39, 0.29) is 0 Å². The van der Waals surface area contributed by atoms with E-state index < -0.39 is 13.1 Å². The predicted octanol–water partition coefficient (Wildman–Crippen LogP) is -1.32. The molecule has 6 nitrogen and oxygen atoms in total. The van der Waals surface area contributed by atoms with Gasteiger partial charge in [-0.1, -0.05) is 18.2 Å². The van der Waals surface area contributed by atoms with Gasteiger partial charge in [-0.3, -0.25) is 0 Å². The third-order valence-corrected chi connectivity index (χ3v) is 1.98. The highest BCUT2D eigenvalue weighted by atomic mass is 16.4. The average Bonchev–Trinajstić information content (AvgIpc) is 2.20. The van der Waals surface area contributed by atoms with Crippen molar-refractivity contribution < 1.29 is 14.8 Å². The number of urea groups is 1. The number of carbonyl (C=O) groups excluding carboxylic acids is 1. The number of aryl methyl sites for hydroxylation is 1. The van der Waals surface area contributed by atoms with Crippen LogP contribution in [0.15, 0.2) is 23.3 Å². The van der Waals surface area contributed by atoms with Gasteiger partial charge < -0.3 is 15.8 Å². The van der Waals surface area contributed by atoms with E-state index in [2.05, 4.69) is 10.5 Å². The second-order valence-corrected chi connectivity index (χ2v) is 3.22. The zero-order chi connectivity index (χ0) is 12.1. The van der Waals surface area contributed by atoms with Crippen LogP contribution in [0.4, 0.5) is 4.79 Å². The van der Waals surface area contributed by atoms with E-state index in [0.717, 1.165) is 5.56 Å². The maximum Gasteiger partial charge on any atom is 0.488 e. The quantitative estimate of drug-likeness (QED) is 0.288. The third kappa shape index (κ3) is 3.37. The molecule has 7 heteroatoms. The van der Waals surface area contributed by atoms with Gasteiger partial charge in [-0.05, 0) is 23.5 Å². The van der Waals surface area contributed by atoms with Crippen molar-refractivity contribution in [3.8, 4) is 0 Å². The zero-order valence-electron chi connectivity index (χ0n) is 8.71. The first-order valence-electron chi connectivity index (χ1n) is 4.56. The lowest BCUT2D eigenvalue weighted by Crippen LogP contribution is -2.30.